The van der Waals surface area contributed by atoms with Gasteiger partial charge in [-0.05, 0) is 49.1 Å². The number of carboxylic acids is 1. The van der Waals surface area contributed by atoms with Gasteiger partial charge in [-0.15, -0.1) is 12.4 Å². The van der Waals surface area contributed by atoms with Crippen LogP contribution in [-0.2, 0) is 11.2 Å². The van der Waals surface area contributed by atoms with Gasteiger partial charge in [0.1, 0.15) is 11.8 Å². The topological polar surface area (TPSA) is 115 Å². The van der Waals surface area contributed by atoms with Crippen LogP contribution in [0, 0.1) is 13.8 Å². The second kappa shape index (κ2) is 7.11. The van der Waals surface area contributed by atoms with Gasteiger partial charge in [-0.3, -0.25) is 4.79 Å². The maximum absolute atomic E-state index is 10.6. The van der Waals surface area contributed by atoms with Crippen LogP contribution in [0.3, 0.4) is 0 Å². The predicted molar refractivity (Wildman–Crippen MR) is 67.8 cm³/mol. The maximum atomic E-state index is 10.6. The Bertz CT molecular complexity index is 372. The van der Waals surface area contributed by atoms with E-state index in [9.17, 15) is 9.90 Å². The third-order valence-corrected chi connectivity index (χ3v) is 2.42. The lowest BCUT2D eigenvalue weighted by Crippen LogP contribution is -2.32. The Morgan fingerprint density at radius 2 is 1.76 bits per heavy atom. The molecule has 1 aromatic carbocycles. The van der Waals surface area contributed by atoms with Gasteiger partial charge in [0, 0.05) is 0 Å². The number of nitrogens with two attached hydrogens (primary N) is 1. The number of phenolic OH excluding ortho intramolecular Hbond substituents is 1. The first-order chi connectivity index (χ1) is 6.91. The highest BCUT2D eigenvalue weighted by atomic mass is 35.5. The molecule has 6 N–H and O–H groups in total. The quantitative estimate of drug-likeness (QED) is 0.739. The minimum Gasteiger partial charge on any atom is -0.508 e. The molecule has 98 valence electrons. The van der Waals surface area contributed by atoms with Gasteiger partial charge in [0.25, 0.3) is 0 Å². The molecule has 0 aliphatic heterocycles. The van der Waals surface area contributed by atoms with Gasteiger partial charge >= 0.3 is 5.97 Å². The van der Waals surface area contributed by atoms with E-state index in [4.69, 9.17) is 10.8 Å². The molecule has 0 aliphatic carbocycles. The molecule has 0 unspecified atom stereocenters. The lowest BCUT2D eigenvalue weighted by molar-refractivity contribution is -0.138. The number of benzene rings is 1. The summed E-state index contributed by atoms with van der Waals surface area (Å²) in [6, 6.07) is 2.32. The number of hydrogen-bond donors (Lipinski definition) is 3. The monoisotopic (exact) mass is 263 g/mol. The summed E-state index contributed by atoms with van der Waals surface area (Å²) in [4.78, 5) is 10.6. The Morgan fingerprint density at radius 1 is 1.35 bits per heavy atom. The molecule has 0 saturated heterocycles. The van der Waals surface area contributed by atoms with E-state index in [1.807, 2.05) is 13.8 Å². The van der Waals surface area contributed by atoms with Crippen molar-refractivity contribution in [3.63, 3.8) is 0 Å². The molecular formula is C11H18ClNO4. The summed E-state index contributed by atoms with van der Waals surface area (Å²) in [5, 5.41) is 18.0. The number of phenols is 1. The van der Waals surface area contributed by atoms with Gasteiger partial charge in [0.2, 0.25) is 0 Å². The van der Waals surface area contributed by atoms with Crippen molar-refractivity contribution < 1.29 is 20.5 Å². The van der Waals surface area contributed by atoms with E-state index in [-0.39, 0.29) is 30.1 Å². The number of carbonyl (C=O) groups is 1. The molecule has 17 heavy (non-hydrogen) atoms. The van der Waals surface area contributed by atoms with Crippen LogP contribution in [0.5, 0.6) is 5.75 Å². The molecule has 0 saturated carbocycles. The SMILES string of the molecule is Cc1cc(O)cc(C)c1C[C@H](N)C(=O)O.Cl.O. The third-order valence-electron chi connectivity index (χ3n) is 2.42. The minimum atomic E-state index is -1.01. The molecule has 0 amide bonds. The van der Waals surface area contributed by atoms with Crippen molar-refractivity contribution in [3.05, 3.63) is 28.8 Å². The molecule has 0 radical (unpaired) electrons. The summed E-state index contributed by atoms with van der Waals surface area (Å²) in [6.07, 6.45) is 0.285. The van der Waals surface area contributed by atoms with Crippen LogP contribution in [0.25, 0.3) is 0 Å². The van der Waals surface area contributed by atoms with E-state index in [1.165, 1.54) is 0 Å². The van der Waals surface area contributed by atoms with Gasteiger partial charge in [-0.2, -0.15) is 0 Å². The summed E-state index contributed by atoms with van der Waals surface area (Å²) >= 11 is 0. The zero-order valence-electron chi connectivity index (χ0n) is 9.73. The van der Waals surface area contributed by atoms with Crippen LogP contribution >= 0.6 is 12.4 Å². The van der Waals surface area contributed by atoms with Gasteiger partial charge < -0.3 is 21.4 Å². The van der Waals surface area contributed by atoms with Crippen LogP contribution in [0.15, 0.2) is 12.1 Å². The summed E-state index contributed by atoms with van der Waals surface area (Å²) in [5.41, 5.74) is 8.08. The van der Waals surface area contributed by atoms with Crippen LogP contribution < -0.4 is 5.73 Å². The molecule has 0 spiro atoms. The number of halogens is 1. The van der Waals surface area contributed by atoms with E-state index in [0.717, 1.165) is 16.7 Å². The van der Waals surface area contributed by atoms with E-state index in [2.05, 4.69) is 0 Å². The smallest absolute Gasteiger partial charge is 0.320 e. The van der Waals surface area contributed by atoms with Crippen molar-refractivity contribution in [2.75, 3.05) is 0 Å². The van der Waals surface area contributed by atoms with Gasteiger partial charge in [0.05, 0.1) is 0 Å². The Kier molecular flexibility index (Phi) is 7.56. The van der Waals surface area contributed by atoms with Crippen molar-refractivity contribution in [1.29, 1.82) is 0 Å². The first-order valence-corrected chi connectivity index (χ1v) is 4.69. The van der Waals surface area contributed by atoms with Gasteiger partial charge in [-0.1, -0.05) is 0 Å². The first-order valence-electron chi connectivity index (χ1n) is 4.69. The molecular weight excluding hydrogens is 246 g/mol. The predicted octanol–water partition coefficient (Wildman–Crippen LogP) is 0.561. The molecule has 0 bridgehead atoms. The molecule has 0 fully saturated rings. The fourth-order valence-corrected chi connectivity index (χ4v) is 1.60. The average Bonchev–Trinajstić information content (AvgIpc) is 2.10. The molecule has 1 rings (SSSR count). The summed E-state index contributed by atoms with van der Waals surface area (Å²) in [5.74, 6) is -0.820. The summed E-state index contributed by atoms with van der Waals surface area (Å²) in [6.45, 7) is 3.66. The molecule has 1 aromatic rings. The highest BCUT2D eigenvalue weighted by Gasteiger charge is 2.15. The Morgan fingerprint density at radius 3 is 2.12 bits per heavy atom. The van der Waals surface area contributed by atoms with Crippen molar-refractivity contribution in [3.8, 4) is 5.75 Å². The molecule has 0 aromatic heterocycles. The van der Waals surface area contributed by atoms with Crippen LogP contribution in [0.4, 0.5) is 0 Å². The van der Waals surface area contributed by atoms with E-state index in [1.54, 1.807) is 12.1 Å². The average molecular weight is 264 g/mol. The van der Waals surface area contributed by atoms with Crippen molar-refractivity contribution in [2.24, 2.45) is 5.73 Å². The number of aryl methyl sites for hydroxylation is 2. The first kappa shape index (κ1) is 18.1. The second-order valence-electron chi connectivity index (χ2n) is 3.71. The molecule has 5 nitrogen and oxygen atoms in total. The lowest BCUT2D eigenvalue weighted by atomic mass is 9.96. The number of aliphatic carboxylic acids is 1. The lowest BCUT2D eigenvalue weighted by Gasteiger charge is -2.12. The number of carboxylic acid groups (broad SMARTS) is 1. The standard InChI is InChI=1S/C11H15NO3.ClH.H2O/c1-6-3-8(13)4-7(2)9(6)5-10(12)11(14)15;;/h3-4,10,13H,5,12H2,1-2H3,(H,14,15);1H;1H2/t10-;;/m0../s1. The van der Waals surface area contributed by atoms with Gasteiger partial charge in [-0.25, -0.2) is 0 Å². The molecule has 0 heterocycles. The Hall–Kier alpha value is -1.30. The number of hydrogen-bond acceptors (Lipinski definition) is 3. The van der Waals surface area contributed by atoms with Crippen molar-refractivity contribution in [1.82, 2.24) is 0 Å². The highest BCUT2D eigenvalue weighted by Crippen LogP contribution is 2.21. The molecule has 0 aliphatic rings. The van der Waals surface area contributed by atoms with E-state index in [0.29, 0.717) is 0 Å². The zero-order valence-corrected chi connectivity index (χ0v) is 10.5. The third kappa shape index (κ3) is 4.60. The fourth-order valence-electron chi connectivity index (χ4n) is 1.60. The van der Waals surface area contributed by atoms with E-state index >= 15 is 0 Å². The normalized spacial score (nSPS) is 11.0. The number of rotatable bonds is 3. The molecule has 1 atom stereocenters. The second-order valence-corrected chi connectivity index (χ2v) is 3.71. The van der Waals surface area contributed by atoms with Crippen molar-refractivity contribution >= 4 is 18.4 Å². The largest absolute Gasteiger partial charge is 0.508 e. The minimum absolute atomic E-state index is 0. The Balaban J connectivity index is 0. The summed E-state index contributed by atoms with van der Waals surface area (Å²) < 4.78 is 0. The van der Waals surface area contributed by atoms with Crippen LogP contribution in [-0.4, -0.2) is 27.7 Å². The van der Waals surface area contributed by atoms with Gasteiger partial charge in [0.15, 0.2) is 0 Å². The maximum Gasteiger partial charge on any atom is 0.320 e. The van der Waals surface area contributed by atoms with Crippen LogP contribution in [0.2, 0.25) is 0 Å². The fraction of sp³-hybridized carbons (Fsp3) is 0.364. The molecule has 6 heteroatoms. The van der Waals surface area contributed by atoms with Crippen molar-refractivity contribution in [2.45, 2.75) is 26.3 Å². The summed E-state index contributed by atoms with van der Waals surface area (Å²) in [7, 11) is 0. The number of aromatic hydroxyl groups is 1. The van der Waals surface area contributed by atoms with Crippen LogP contribution in [0.1, 0.15) is 16.7 Å². The zero-order chi connectivity index (χ0) is 11.6. The highest BCUT2D eigenvalue weighted by molar-refractivity contribution is 5.85. The van der Waals surface area contributed by atoms with E-state index < -0.39 is 12.0 Å². The Labute approximate surface area is 106 Å².